The number of nitrogens with two attached hydrogens (primary N) is 1. The Morgan fingerprint density at radius 3 is 2.10 bits per heavy atom. The maximum atomic E-state index is 5.52. The van der Waals surface area contributed by atoms with Crippen molar-refractivity contribution in [2.75, 3.05) is 6.54 Å². The molecule has 0 aliphatic rings. The molecule has 2 N–H and O–H groups in total. The maximum Gasteiger partial charge on any atom is 0.114 e. The number of hydrogen-bond acceptors (Lipinski definition) is 2. The summed E-state index contributed by atoms with van der Waals surface area (Å²) in [6.07, 6.45) is 2.11. The fraction of sp³-hybridized carbons (Fsp3) is 0.714. The van der Waals surface area contributed by atoms with Crippen molar-refractivity contribution in [2.45, 2.75) is 26.6 Å². The molecule has 0 rings (SSSR count). The summed E-state index contributed by atoms with van der Waals surface area (Å²) in [7, 11) is -0.994. The standard InChI is InChI=1S/C7H17NSSi/c1-5-7(6-8)9-10(2,3)4/h5H,6,8H2,1-4H3. The van der Waals surface area contributed by atoms with Crippen molar-refractivity contribution < 1.29 is 0 Å². The molecule has 0 amide bonds. The smallest absolute Gasteiger partial charge is 0.114 e. The summed E-state index contributed by atoms with van der Waals surface area (Å²) in [6, 6.07) is 0. The molecule has 10 heavy (non-hydrogen) atoms. The number of allylic oxidation sites excluding steroid dienone is 1. The van der Waals surface area contributed by atoms with Gasteiger partial charge in [-0.1, -0.05) is 25.7 Å². The molecule has 1 nitrogen and oxygen atoms in total. The second-order valence-corrected chi connectivity index (χ2v) is 12.4. The summed E-state index contributed by atoms with van der Waals surface area (Å²) in [5.41, 5.74) is 5.52. The monoisotopic (exact) mass is 175 g/mol. The molecule has 0 unspecified atom stereocenters. The van der Waals surface area contributed by atoms with Crippen molar-refractivity contribution in [1.82, 2.24) is 0 Å². The molecular formula is C7H17NSSi. The van der Waals surface area contributed by atoms with Crippen LogP contribution < -0.4 is 5.73 Å². The van der Waals surface area contributed by atoms with E-state index < -0.39 is 7.22 Å². The average Bonchev–Trinajstić information content (AvgIpc) is 1.81. The lowest BCUT2D eigenvalue weighted by atomic mass is 10.5. The Labute approximate surface area is 68.7 Å². The van der Waals surface area contributed by atoms with E-state index in [1.807, 2.05) is 11.2 Å². The Balaban J connectivity index is 3.88. The van der Waals surface area contributed by atoms with E-state index in [0.29, 0.717) is 6.54 Å². The van der Waals surface area contributed by atoms with Crippen molar-refractivity contribution in [3.8, 4) is 0 Å². The van der Waals surface area contributed by atoms with Crippen LogP contribution in [-0.4, -0.2) is 13.8 Å². The van der Waals surface area contributed by atoms with E-state index in [4.69, 9.17) is 5.73 Å². The third kappa shape index (κ3) is 5.08. The quantitative estimate of drug-likeness (QED) is 0.667. The molecule has 0 saturated carbocycles. The van der Waals surface area contributed by atoms with Crippen LogP contribution in [0.5, 0.6) is 0 Å². The van der Waals surface area contributed by atoms with Crippen LogP contribution in [0.4, 0.5) is 0 Å². The van der Waals surface area contributed by atoms with E-state index in [2.05, 4.69) is 32.6 Å². The van der Waals surface area contributed by atoms with Gasteiger partial charge in [0.05, 0.1) is 0 Å². The van der Waals surface area contributed by atoms with Crippen LogP contribution in [0.15, 0.2) is 11.0 Å². The molecule has 0 atom stereocenters. The van der Waals surface area contributed by atoms with Gasteiger partial charge in [-0.05, 0) is 11.8 Å². The van der Waals surface area contributed by atoms with Gasteiger partial charge in [-0.25, -0.2) is 0 Å². The first-order valence-electron chi connectivity index (χ1n) is 3.54. The van der Waals surface area contributed by atoms with Gasteiger partial charge in [0.2, 0.25) is 0 Å². The lowest BCUT2D eigenvalue weighted by Gasteiger charge is -2.16. The third-order valence-corrected chi connectivity index (χ3v) is 4.86. The zero-order valence-corrected chi connectivity index (χ0v) is 9.09. The molecule has 0 fully saturated rings. The zero-order valence-electron chi connectivity index (χ0n) is 7.27. The van der Waals surface area contributed by atoms with E-state index in [1.165, 1.54) is 4.91 Å². The van der Waals surface area contributed by atoms with E-state index in [9.17, 15) is 0 Å². The summed E-state index contributed by atoms with van der Waals surface area (Å²) in [5, 5.41) is 0. The van der Waals surface area contributed by atoms with Crippen LogP contribution in [0.25, 0.3) is 0 Å². The molecule has 0 aliphatic heterocycles. The van der Waals surface area contributed by atoms with Gasteiger partial charge in [0.15, 0.2) is 0 Å². The molecule has 0 bridgehead atoms. The van der Waals surface area contributed by atoms with Gasteiger partial charge >= 0.3 is 0 Å². The summed E-state index contributed by atoms with van der Waals surface area (Å²) in [6.45, 7) is 9.74. The van der Waals surface area contributed by atoms with Crippen molar-refractivity contribution >= 4 is 18.4 Å². The fourth-order valence-electron chi connectivity index (χ4n) is 0.612. The molecule has 3 heteroatoms. The molecule has 0 aromatic rings. The number of hydrogen-bond donors (Lipinski definition) is 1. The molecule has 0 radical (unpaired) electrons. The first kappa shape index (κ1) is 10.3. The molecule has 0 heterocycles. The van der Waals surface area contributed by atoms with Crippen molar-refractivity contribution in [2.24, 2.45) is 5.73 Å². The Kier molecular flexibility index (Phi) is 4.32. The molecule has 0 spiro atoms. The highest BCUT2D eigenvalue weighted by Crippen LogP contribution is 2.26. The minimum Gasteiger partial charge on any atom is -0.326 e. The van der Waals surface area contributed by atoms with Crippen molar-refractivity contribution in [3.05, 3.63) is 11.0 Å². The van der Waals surface area contributed by atoms with E-state index >= 15 is 0 Å². The molecule has 0 saturated heterocycles. The normalized spacial score (nSPS) is 13.9. The van der Waals surface area contributed by atoms with Gasteiger partial charge in [0.1, 0.15) is 7.22 Å². The molecule has 0 aromatic heterocycles. The molecule has 60 valence electrons. The first-order chi connectivity index (χ1) is 4.49. The maximum absolute atomic E-state index is 5.52. The van der Waals surface area contributed by atoms with Crippen LogP contribution in [0.2, 0.25) is 19.6 Å². The SMILES string of the molecule is CC=C(CN)S[Si](C)(C)C. The highest BCUT2D eigenvalue weighted by atomic mass is 32.4. The predicted octanol–water partition coefficient (Wildman–Crippen LogP) is 2.42. The number of rotatable bonds is 3. The van der Waals surface area contributed by atoms with Crippen molar-refractivity contribution in [1.29, 1.82) is 0 Å². The van der Waals surface area contributed by atoms with Crippen LogP contribution >= 0.6 is 11.2 Å². The highest BCUT2D eigenvalue weighted by Gasteiger charge is 2.14. The lowest BCUT2D eigenvalue weighted by Crippen LogP contribution is -2.16. The van der Waals surface area contributed by atoms with Crippen LogP contribution in [-0.2, 0) is 0 Å². The Bertz CT molecular complexity index is 126. The summed E-state index contributed by atoms with van der Waals surface area (Å²) >= 11 is 1.98. The average molecular weight is 175 g/mol. The lowest BCUT2D eigenvalue weighted by molar-refractivity contribution is 1.23. The second-order valence-electron chi connectivity index (χ2n) is 3.17. The van der Waals surface area contributed by atoms with Crippen molar-refractivity contribution in [3.63, 3.8) is 0 Å². The predicted molar refractivity (Wildman–Crippen MR) is 53.7 cm³/mol. The van der Waals surface area contributed by atoms with Crippen LogP contribution in [0.3, 0.4) is 0 Å². The molecule has 0 aromatic carbocycles. The Morgan fingerprint density at radius 2 is 2.00 bits per heavy atom. The Hall–Kier alpha value is 0.267. The van der Waals surface area contributed by atoms with E-state index in [1.54, 1.807) is 0 Å². The topological polar surface area (TPSA) is 26.0 Å². The fourth-order valence-corrected chi connectivity index (χ4v) is 4.56. The molecular weight excluding hydrogens is 158 g/mol. The van der Waals surface area contributed by atoms with Crippen LogP contribution in [0.1, 0.15) is 6.92 Å². The van der Waals surface area contributed by atoms with Gasteiger partial charge < -0.3 is 5.73 Å². The zero-order chi connectivity index (χ0) is 8.20. The highest BCUT2D eigenvalue weighted by molar-refractivity contribution is 8.31. The minimum atomic E-state index is -0.994. The van der Waals surface area contributed by atoms with Gasteiger partial charge in [0.25, 0.3) is 0 Å². The third-order valence-electron chi connectivity index (χ3n) is 0.960. The van der Waals surface area contributed by atoms with Gasteiger partial charge in [-0.15, -0.1) is 0 Å². The molecule has 0 aliphatic carbocycles. The van der Waals surface area contributed by atoms with E-state index in [-0.39, 0.29) is 0 Å². The Morgan fingerprint density at radius 1 is 1.50 bits per heavy atom. The first-order valence-corrected chi connectivity index (χ1v) is 8.58. The summed E-state index contributed by atoms with van der Waals surface area (Å²) < 4.78 is 0. The minimum absolute atomic E-state index is 0.700. The van der Waals surface area contributed by atoms with Gasteiger partial charge in [-0.3, -0.25) is 0 Å². The largest absolute Gasteiger partial charge is 0.326 e. The summed E-state index contributed by atoms with van der Waals surface area (Å²) in [4.78, 5) is 1.33. The summed E-state index contributed by atoms with van der Waals surface area (Å²) in [5.74, 6) is 0. The van der Waals surface area contributed by atoms with E-state index in [0.717, 1.165) is 0 Å². The van der Waals surface area contributed by atoms with Crippen LogP contribution in [0, 0.1) is 0 Å². The second kappa shape index (κ2) is 4.21. The van der Waals surface area contributed by atoms with Gasteiger partial charge in [-0.2, -0.15) is 11.2 Å². The van der Waals surface area contributed by atoms with Gasteiger partial charge in [0, 0.05) is 6.54 Å².